The molecule has 2 aromatic heterocycles. The molecule has 0 aliphatic carbocycles. The Morgan fingerprint density at radius 1 is 1.10 bits per heavy atom. The summed E-state index contributed by atoms with van der Waals surface area (Å²) in [5.41, 5.74) is 10.4. The molecule has 0 amide bonds. The maximum atomic E-state index is 12.7. The molecule has 30 heavy (non-hydrogen) atoms. The monoisotopic (exact) mass is 415 g/mol. The first-order valence-corrected chi connectivity index (χ1v) is 10.7. The standard InChI is InChI=1S/C24H21N3O2S/c25-21-19-13-17-15-27(14-16-7-3-1-4-8-16)12-11-20(17)26-23(19)30-22(21)24(28)29-18-9-5-2-6-10-18/h1-10,13H,11-12,14-15,25H2. The number of nitrogens with two attached hydrogens (primary N) is 1. The molecule has 2 aromatic carbocycles. The van der Waals surface area contributed by atoms with Crippen molar-refractivity contribution in [3.05, 3.63) is 88.4 Å². The molecule has 0 fully saturated rings. The lowest BCUT2D eigenvalue weighted by Crippen LogP contribution is -2.30. The van der Waals surface area contributed by atoms with Crippen molar-refractivity contribution in [1.29, 1.82) is 0 Å². The highest BCUT2D eigenvalue weighted by molar-refractivity contribution is 7.21. The van der Waals surface area contributed by atoms with E-state index in [1.165, 1.54) is 22.5 Å². The van der Waals surface area contributed by atoms with Gasteiger partial charge < -0.3 is 10.5 Å². The molecule has 0 spiro atoms. The van der Waals surface area contributed by atoms with Crippen LogP contribution in [0.5, 0.6) is 5.75 Å². The van der Waals surface area contributed by atoms with Gasteiger partial charge in [0.2, 0.25) is 0 Å². The SMILES string of the molecule is Nc1c(C(=O)Oc2ccccc2)sc2nc3c(cc12)CN(Cc1ccccc1)CC3. The summed E-state index contributed by atoms with van der Waals surface area (Å²) in [4.78, 5) is 21.1. The minimum absolute atomic E-state index is 0.407. The summed E-state index contributed by atoms with van der Waals surface area (Å²) in [5, 5.41) is 0.834. The van der Waals surface area contributed by atoms with Crippen molar-refractivity contribution < 1.29 is 9.53 Å². The van der Waals surface area contributed by atoms with Crippen LogP contribution in [0.25, 0.3) is 10.2 Å². The lowest BCUT2D eigenvalue weighted by Gasteiger charge is -2.28. The maximum Gasteiger partial charge on any atom is 0.355 e. The van der Waals surface area contributed by atoms with Gasteiger partial charge in [0.1, 0.15) is 15.5 Å². The van der Waals surface area contributed by atoms with Gasteiger partial charge in [-0.3, -0.25) is 4.90 Å². The average molecular weight is 416 g/mol. The molecular formula is C24H21N3O2S. The lowest BCUT2D eigenvalue weighted by molar-refractivity contribution is 0.0741. The minimum Gasteiger partial charge on any atom is -0.422 e. The smallest absolute Gasteiger partial charge is 0.355 e. The van der Waals surface area contributed by atoms with Gasteiger partial charge in [0, 0.05) is 37.1 Å². The molecule has 1 aliphatic rings. The van der Waals surface area contributed by atoms with Gasteiger partial charge in [-0.2, -0.15) is 0 Å². The number of ether oxygens (including phenoxy) is 1. The van der Waals surface area contributed by atoms with Crippen LogP contribution in [0.4, 0.5) is 5.69 Å². The second-order valence-electron chi connectivity index (χ2n) is 7.44. The van der Waals surface area contributed by atoms with E-state index < -0.39 is 5.97 Å². The molecule has 5 nitrogen and oxygen atoms in total. The van der Waals surface area contributed by atoms with Gasteiger partial charge in [-0.1, -0.05) is 48.5 Å². The number of fused-ring (bicyclic) bond motifs is 2. The van der Waals surface area contributed by atoms with E-state index in [0.29, 0.717) is 16.3 Å². The van der Waals surface area contributed by atoms with Gasteiger partial charge in [-0.05, 0) is 29.3 Å². The fourth-order valence-corrected chi connectivity index (χ4v) is 4.80. The van der Waals surface area contributed by atoms with Crippen LogP contribution in [-0.4, -0.2) is 22.4 Å². The number of anilines is 1. The first-order chi connectivity index (χ1) is 14.7. The van der Waals surface area contributed by atoms with Crippen molar-refractivity contribution in [2.45, 2.75) is 19.5 Å². The van der Waals surface area contributed by atoms with Crippen LogP contribution in [0.2, 0.25) is 0 Å². The third-order valence-electron chi connectivity index (χ3n) is 5.34. The van der Waals surface area contributed by atoms with Crippen LogP contribution in [0, 0.1) is 0 Å². The number of esters is 1. The summed E-state index contributed by atoms with van der Waals surface area (Å²) in [6.45, 7) is 2.70. The van der Waals surface area contributed by atoms with Crippen LogP contribution < -0.4 is 10.5 Å². The van der Waals surface area contributed by atoms with Gasteiger partial charge in [-0.25, -0.2) is 9.78 Å². The summed E-state index contributed by atoms with van der Waals surface area (Å²) in [6.07, 6.45) is 0.889. The van der Waals surface area contributed by atoms with Crippen LogP contribution in [-0.2, 0) is 19.5 Å². The van der Waals surface area contributed by atoms with Gasteiger partial charge in [0.15, 0.2) is 0 Å². The zero-order valence-electron chi connectivity index (χ0n) is 16.4. The van der Waals surface area contributed by atoms with E-state index in [9.17, 15) is 4.79 Å². The number of hydrogen-bond donors (Lipinski definition) is 1. The van der Waals surface area contributed by atoms with E-state index in [-0.39, 0.29) is 0 Å². The van der Waals surface area contributed by atoms with Crippen molar-refractivity contribution in [2.24, 2.45) is 0 Å². The highest BCUT2D eigenvalue weighted by Gasteiger charge is 2.23. The number of hydrogen-bond acceptors (Lipinski definition) is 6. The highest BCUT2D eigenvalue weighted by atomic mass is 32.1. The van der Waals surface area contributed by atoms with Gasteiger partial charge in [0.25, 0.3) is 0 Å². The van der Waals surface area contributed by atoms with Crippen LogP contribution in [0.3, 0.4) is 0 Å². The molecule has 0 bridgehead atoms. The Labute approximate surface area is 178 Å². The van der Waals surface area contributed by atoms with E-state index in [1.54, 1.807) is 12.1 Å². The number of pyridine rings is 1. The number of benzene rings is 2. The number of rotatable bonds is 4. The fourth-order valence-electron chi connectivity index (χ4n) is 3.83. The molecule has 150 valence electrons. The van der Waals surface area contributed by atoms with Crippen molar-refractivity contribution in [3.63, 3.8) is 0 Å². The topological polar surface area (TPSA) is 68.5 Å². The van der Waals surface area contributed by atoms with E-state index >= 15 is 0 Å². The van der Waals surface area contributed by atoms with E-state index in [4.69, 9.17) is 15.5 Å². The molecule has 1 aliphatic heterocycles. The van der Waals surface area contributed by atoms with E-state index in [0.717, 1.165) is 42.0 Å². The maximum absolute atomic E-state index is 12.7. The predicted octanol–water partition coefficient (Wildman–Crippen LogP) is 4.66. The molecule has 0 radical (unpaired) electrons. The van der Waals surface area contributed by atoms with Crippen molar-refractivity contribution in [3.8, 4) is 5.75 Å². The van der Waals surface area contributed by atoms with Crippen molar-refractivity contribution in [1.82, 2.24) is 9.88 Å². The second-order valence-corrected chi connectivity index (χ2v) is 8.44. The van der Waals surface area contributed by atoms with Gasteiger partial charge >= 0.3 is 5.97 Å². The summed E-state index contributed by atoms with van der Waals surface area (Å²) >= 11 is 1.30. The van der Waals surface area contributed by atoms with Gasteiger partial charge in [-0.15, -0.1) is 11.3 Å². The molecule has 4 aromatic rings. The van der Waals surface area contributed by atoms with Crippen LogP contribution >= 0.6 is 11.3 Å². The molecule has 6 heteroatoms. The Morgan fingerprint density at radius 3 is 2.60 bits per heavy atom. The zero-order valence-corrected chi connectivity index (χ0v) is 17.2. The lowest BCUT2D eigenvalue weighted by atomic mass is 10.0. The Balaban J connectivity index is 1.41. The fraction of sp³-hybridized carbons (Fsp3) is 0.167. The van der Waals surface area contributed by atoms with E-state index in [2.05, 4.69) is 35.2 Å². The average Bonchev–Trinajstić information content (AvgIpc) is 3.09. The summed E-state index contributed by atoms with van der Waals surface area (Å²) in [6, 6.07) is 21.6. The number of aromatic nitrogens is 1. The second kappa shape index (κ2) is 7.89. The number of carbonyl (C=O) groups excluding carboxylic acids is 1. The number of carbonyl (C=O) groups is 1. The number of para-hydroxylation sites is 1. The molecule has 0 saturated carbocycles. The predicted molar refractivity (Wildman–Crippen MR) is 120 cm³/mol. The normalized spacial score (nSPS) is 13.9. The quantitative estimate of drug-likeness (QED) is 0.388. The Kier molecular flexibility index (Phi) is 4.94. The third kappa shape index (κ3) is 3.67. The summed E-state index contributed by atoms with van der Waals surface area (Å²) < 4.78 is 5.48. The molecule has 0 saturated heterocycles. The third-order valence-corrected chi connectivity index (χ3v) is 6.43. The van der Waals surface area contributed by atoms with Crippen molar-refractivity contribution in [2.75, 3.05) is 12.3 Å². The molecule has 3 heterocycles. The Bertz CT molecular complexity index is 1210. The minimum atomic E-state index is -0.439. The number of nitrogens with zero attached hydrogens (tertiary/aromatic N) is 2. The first-order valence-electron chi connectivity index (χ1n) is 9.91. The van der Waals surface area contributed by atoms with Crippen LogP contribution in [0.1, 0.15) is 26.5 Å². The molecular weight excluding hydrogens is 394 g/mol. The Hall–Kier alpha value is -3.22. The molecule has 2 N–H and O–H groups in total. The van der Waals surface area contributed by atoms with Crippen LogP contribution in [0.15, 0.2) is 66.7 Å². The number of thiophene rings is 1. The first kappa shape index (κ1) is 18.8. The highest BCUT2D eigenvalue weighted by Crippen LogP contribution is 2.35. The van der Waals surface area contributed by atoms with Crippen molar-refractivity contribution >= 4 is 33.2 Å². The zero-order chi connectivity index (χ0) is 20.5. The summed E-state index contributed by atoms with van der Waals surface area (Å²) in [7, 11) is 0. The number of nitrogen functional groups attached to an aromatic ring is 1. The molecule has 0 unspecified atom stereocenters. The molecule has 0 atom stereocenters. The molecule has 5 rings (SSSR count). The largest absolute Gasteiger partial charge is 0.422 e. The van der Waals surface area contributed by atoms with E-state index in [1.807, 2.05) is 24.3 Å². The summed E-state index contributed by atoms with van der Waals surface area (Å²) in [5.74, 6) is 0.0635. The van der Waals surface area contributed by atoms with Gasteiger partial charge in [0.05, 0.1) is 5.69 Å². The Morgan fingerprint density at radius 2 is 1.83 bits per heavy atom.